The van der Waals surface area contributed by atoms with Gasteiger partial charge in [0.15, 0.2) is 11.6 Å². The van der Waals surface area contributed by atoms with Crippen molar-refractivity contribution in [2.45, 2.75) is 51.3 Å². The third-order valence-electron chi connectivity index (χ3n) is 5.65. The Morgan fingerprint density at radius 2 is 1.72 bits per heavy atom. The fourth-order valence-corrected chi connectivity index (χ4v) is 4.26. The molecule has 0 amide bonds. The lowest BCUT2D eigenvalue weighted by Crippen LogP contribution is -2.19. The van der Waals surface area contributed by atoms with E-state index in [0.717, 1.165) is 30.4 Å². The van der Waals surface area contributed by atoms with E-state index in [4.69, 9.17) is 0 Å². The minimum atomic E-state index is -4.89. The maximum Gasteiger partial charge on any atom is 0.573 e. The summed E-state index contributed by atoms with van der Waals surface area (Å²) in [5.74, 6) is -1.50. The number of rotatable bonds is 4. The summed E-state index contributed by atoms with van der Waals surface area (Å²) in [7, 11) is 0. The van der Waals surface area contributed by atoms with Crippen molar-refractivity contribution in [1.82, 2.24) is 0 Å². The maximum atomic E-state index is 14.1. The van der Waals surface area contributed by atoms with Gasteiger partial charge in [0, 0.05) is 0 Å². The van der Waals surface area contributed by atoms with Crippen molar-refractivity contribution < 1.29 is 22.3 Å². The average molecular weight is 402 g/mol. The molecule has 0 saturated carbocycles. The van der Waals surface area contributed by atoms with E-state index in [1.807, 2.05) is 0 Å². The van der Waals surface area contributed by atoms with Crippen LogP contribution in [0.25, 0.3) is 10.8 Å². The summed E-state index contributed by atoms with van der Waals surface area (Å²) < 4.78 is 55.3. The van der Waals surface area contributed by atoms with Crippen LogP contribution in [0.5, 0.6) is 5.75 Å². The lowest BCUT2D eigenvalue weighted by atomic mass is 9.79. The Bertz CT molecular complexity index is 1040. The molecule has 0 aliphatic heterocycles. The third-order valence-corrected chi connectivity index (χ3v) is 5.65. The van der Waals surface area contributed by atoms with E-state index in [2.05, 4.69) is 48.1 Å². The molecule has 4 rings (SSSR count). The van der Waals surface area contributed by atoms with E-state index in [9.17, 15) is 17.6 Å². The van der Waals surface area contributed by atoms with Crippen LogP contribution in [0.1, 0.15) is 47.9 Å². The summed E-state index contributed by atoms with van der Waals surface area (Å²) >= 11 is 0. The molecule has 3 aromatic carbocycles. The van der Waals surface area contributed by atoms with Gasteiger partial charge in [0.25, 0.3) is 0 Å². The fourth-order valence-electron chi connectivity index (χ4n) is 4.26. The number of hydrogen-bond donors (Lipinski definition) is 0. The lowest BCUT2D eigenvalue weighted by Gasteiger charge is -2.26. The predicted molar refractivity (Wildman–Crippen MR) is 106 cm³/mol. The summed E-state index contributed by atoms with van der Waals surface area (Å²) in [5.41, 5.74) is 3.99. The molecule has 0 aromatic heterocycles. The van der Waals surface area contributed by atoms with Gasteiger partial charge in [-0.05, 0) is 76.8 Å². The van der Waals surface area contributed by atoms with E-state index in [1.54, 1.807) is 0 Å². The first-order valence-corrected chi connectivity index (χ1v) is 9.92. The molecule has 0 saturated heterocycles. The molecule has 29 heavy (non-hydrogen) atoms. The molecule has 1 aliphatic carbocycles. The zero-order valence-corrected chi connectivity index (χ0v) is 16.2. The Balaban J connectivity index is 1.58. The number of hydrogen-bond acceptors (Lipinski definition) is 1. The van der Waals surface area contributed by atoms with Gasteiger partial charge >= 0.3 is 6.36 Å². The molecule has 0 bridgehead atoms. The monoisotopic (exact) mass is 402 g/mol. The highest BCUT2D eigenvalue weighted by Crippen LogP contribution is 2.37. The highest BCUT2D eigenvalue weighted by atomic mass is 19.4. The first kappa shape index (κ1) is 19.7. The van der Waals surface area contributed by atoms with E-state index in [-0.39, 0.29) is 5.92 Å². The van der Waals surface area contributed by atoms with Crippen molar-refractivity contribution >= 4 is 10.8 Å². The molecule has 0 heterocycles. The van der Waals surface area contributed by atoms with Crippen molar-refractivity contribution in [3.05, 3.63) is 76.6 Å². The molecule has 1 aliphatic rings. The Hall–Kier alpha value is -2.56. The van der Waals surface area contributed by atoms with Gasteiger partial charge in [0.05, 0.1) is 0 Å². The van der Waals surface area contributed by atoms with Gasteiger partial charge in [0.2, 0.25) is 0 Å². The molecule has 0 fully saturated rings. The zero-order valence-electron chi connectivity index (χ0n) is 16.2. The number of ether oxygens (including phenoxy) is 1. The van der Waals surface area contributed by atoms with E-state index in [0.29, 0.717) is 12.8 Å². The Kier molecular flexibility index (Phi) is 5.24. The molecular formula is C24H22F4O. The number of benzene rings is 3. The molecule has 0 spiro atoms. The highest BCUT2D eigenvalue weighted by molar-refractivity contribution is 5.84. The Morgan fingerprint density at radius 1 is 0.966 bits per heavy atom. The molecule has 0 N–H and O–H groups in total. The molecule has 1 unspecified atom stereocenters. The quantitative estimate of drug-likeness (QED) is 0.423. The minimum Gasteiger partial charge on any atom is -0.403 e. The van der Waals surface area contributed by atoms with Crippen LogP contribution in [0.3, 0.4) is 0 Å². The summed E-state index contributed by atoms with van der Waals surface area (Å²) in [6.07, 6.45) is -0.710. The molecule has 1 nitrogen and oxygen atoms in total. The van der Waals surface area contributed by atoms with Crippen molar-refractivity contribution in [2.24, 2.45) is 0 Å². The predicted octanol–water partition coefficient (Wildman–Crippen LogP) is 7.10. The molecule has 3 aromatic rings. The van der Waals surface area contributed by atoms with Crippen molar-refractivity contribution in [1.29, 1.82) is 0 Å². The van der Waals surface area contributed by atoms with Crippen LogP contribution >= 0.6 is 0 Å². The SMILES string of the molecule is CCCc1ccc2cc(C3CCc4cc(OC(F)(F)F)c(F)cc4C3)ccc2c1. The smallest absolute Gasteiger partial charge is 0.403 e. The van der Waals surface area contributed by atoms with Gasteiger partial charge in [0.1, 0.15) is 0 Å². The summed E-state index contributed by atoms with van der Waals surface area (Å²) in [6, 6.07) is 15.3. The normalized spacial score (nSPS) is 16.7. The molecule has 152 valence electrons. The lowest BCUT2D eigenvalue weighted by molar-refractivity contribution is -0.275. The van der Waals surface area contributed by atoms with Crippen LogP contribution in [-0.2, 0) is 19.3 Å². The Labute approximate surface area is 167 Å². The Morgan fingerprint density at radius 3 is 2.48 bits per heavy atom. The fraction of sp³-hybridized carbons (Fsp3) is 0.333. The van der Waals surface area contributed by atoms with Crippen molar-refractivity contribution in [3.63, 3.8) is 0 Å². The zero-order chi connectivity index (χ0) is 20.6. The van der Waals surface area contributed by atoms with Crippen LogP contribution in [0.15, 0.2) is 48.5 Å². The standard InChI is InChI=1S/C24H22F4O/c1-2-3-15-4-5-17-11-18(7-6-16(17)10-15)19-8-9-20-14-23(29-24(26,27)28)22(25)13-21(20)12-19/h4-7,10-11,13-14,19H,2-3,8-9,12H2,1H3. The van der Waals surface area contributed by atoms with Crippen LogP contribution in [-0.4, -0.2) is 6.36 Å². The molecule has 0 radical (unpaired) electrons. The van der Waals surface area contributed by atoms with Crippen LogP contribution in [0, 0.1) is 5.82 Å². The number of alkyl halides is 3. The number of aryl methyl sites for hydroxylation is 2. The van der Waals surface area contributed by atoms with Crippen LogP contribution in [0.4, 0.5) is 17.6 Å². The summed E-state index contributed by atoms with van der Waals surface area (Å²) in [4.78, 5) is 0. The van der Waals surface area contributed by atoms with E-state index >= 15 is 0 Å². The molecule has 1 atom stereocenters. The summed E-state index contributed by atoms with van der Waals surface area (Å²) in [5, 5.41) is 2.38. The van der Waals surface area contributed by atoms with Gasteiger partial charge in [-0.25, -0.2) is 4.39 Å². The second-order valence-electron chi connectivity index (χ2n) is 7.73. The van der Waals surface area contributed by atoms with Gasteiger partial charge < -0.3 is 4.74 Å². The second-order valence-corrected chi connectivity index (χ2v) is 7.73. The highest BCUT2D eigenvalue weighted by Gasteiger charge is 2.33. The number of halogens is 4. The first-order valence-electron chi connectivity index (χ1n) is 9.92. The van der Waals surface area contributed by atoms with Gasteiger partial charge in [-0.3, -0.25) is 0 Å². The summed E-state index contributed by atoms with van der Waals surface area (Å²) in [6.45, 7) is 2.16. The first-order chi connectivity index (χ1) is 13.8. The van der Waals surface area contributed by atoms with Crippen LogP contribution < -0.4 is 4.74 Å². The van der Waals surface area contributed by atoms with E-state index < -0.39 is 17.9 Å². The van der Waals surface area contributed by atoms with Gasteiger partial charge in [-0.2, -0.15) is 0 Å². The average Bonchev–Trinajstić information content (AvgIpc) is 2.67. The largest absolute Gasteiger partial charge is 0.573 e. The van der Waals surface area contributed by atoms with Crippen molar-refractivity contribution in [2.75, 3.05) is 0 Å². The van der Waals surface area contributed by atoms with Gasteiger partial charge in [-0.15, -0.1) is 13.2 Å². The maximum absolute atomic E-state index is 14.1. The van der Waals surface area contributed by atoms with Gasteiger partial charge in [-0.1, -0.05) is 49.7 Å². The van der Waals surface area contributed by atoms with Crippen LogP contribution in [0.2, 0.25) is 0 Å². The third kappa shape index (κ3) is 4.39. The minimum absolute atomic E-state index is 0.219. The topological polar surface area (TPSA) is 9.23 Å². The second kappa shape index (κ2) is 7.69. The van der Waals surface area contributed by atoms with E-state index in [1.165, 1.54) is 34.0 Å². The van der Waals surface area contributed by atoms with Crippen molar-refractivity contribution in [3.8, 4) is 5.75 Å². The number of fused-ring (bicyclic) bond motifs is 2. The molecular weight excluding hydrogens is 380 g/mol. The molecule has 5 heteroatoms.